The van der Waals surface area contributed by atoms with Crippen molar-refractivity contribution in [2.24, 2.45) is 5.92 Å². The number of Topliss-reactive ketones (excluding diaryl/α,β-unsaturated/α-hetero) is 1. The number of rotatable bonds is 5. The lowest BCUT2D eigenvalue weighted by molar-refractivity contribution is -0.122. The Morgan fingerprint density at radius 3 is 2.87 bits per heavy atom. The highest BCUT2D eigenvalue weighted by atomic mass is 16.6. The summed E-state index contributed by atoms with van der Waals surface area (Å²) in [6, 6.07) is 0. The summed E-state index contributed by atoms with van der Waals surface area (Å²) in [6.45, 7) is 3.97. The summed E-state index contributed by atoms with van der Waals surface area (Å²) in [5, 5.41) is 8.80. The van der Waals surface area contributed by atoms with Crippen LogP contribution in [0.2, 0.25) is 0 Å². The van der Waals surface area contributed by atoms with Gasteiger partial charge in [0.25, 0.3) is 0 Å². The van der Waals surface area contributed by atoms with E-state index in [2.05, 4.69) is 0 Å². The number of aliphatic hydroxyl groups is 1. The molecule has 2 unspecified atom stereocenters. The summed E-state index contributed by atoms with van der Waals surface area (Å²) in [5.41, 5.74) is 0. The molecule has 0 aromatic heterocycles. The zero-order valence-electron chi connectivity index (χ0n) is 9.10. The van der Waals surface area contributed by atoms with E-state index in [1.54, 1.807) is 0 Å². The number of carbonyl (C=O) groups is 2. The Labute approximate surface area is 89.0 Å². The fourth-order valence-corrected chi connectivity index (χ4v) is 1.37. The Hall–Kier alpha value is -1.10. The first-order valence-corrected chi connectivity index (χ1v) is 5.17. The summed E-state index contributed by atoms with van der Waals surface area (Å²) in [5.74, 6) is -0.000911. The Bertz CT molecular complexity index is 254. The molecule has 1 aliphatic rings. The summed E-state index contributed by atoms with van der Waals surface area (Å²) in [6.07, 6.45) is -0.224. The van der Waals surface area contributed by atoms with Crippen molar-refractivity contribution in [3.63, 3.8) is 0 Å². The van der Waals surface area contributed by atoms with E-state index in [0.29, 0.717) is 6.54 Å². The maximum atomic E-state index is 11.6. The molecule has 15 heavy (non-hydrogen) atoms. The van der Waals surface area contributed by atoms with Crippen LogP contribution in [0.25, 0.3) is 0 Å². The molecular weight excluding hydrogens is 198 g/mol. The van der Waals surface area contributed by atoms with Gasteiger partial charge in [-0.2, -0.15) is 0 Å². The molecule has 0 bridgehead atoms. The number of ether oxygens (including phenoxy) is 1. The fourth-order valence-electron chi connectivity index (χ4n) is 1.37. The molecule has 5 heteroatoms. The third kappa shape index (κ3) is 2.92. The quantitative estimate of drug-likeness (QED) is 0.721. The summed E-state index contributed by atoms with van der Waals surface area (Å²) in [4.78, 5) is 24.1. The zero-order valence-corrected chi connectivity index (χ0v) is 9.10. The van der Waals surface area contributed by atoms with Gasteiger partial charge in [0, 0.05) is 5.92 Å². The van der Waals surface area contributed by atoms with Crippen LogP contribution in [0.1, 0.15) is 20.3 Å². The van der Waals surface area contributed by atoms with Gasteiger partial charge in [0.2, 0.25) is 0 Å². The molecule has 0 radical (unpaired) electrons. The van der Waals surface area contributed by atoms with Gasteiger partial charge in [-0.1, -0.05) is 13.8 Å². The number of nitrogens with zero attached hydrogens (tertiary/aromatic N) is 1. The third-order valence-electron chi connectivity index (χ3n) is 2.66. The van der Waals surface area contributed by atoms with Crippen molar-refractivity contribution in [2.75, 3.05) is 19.7 Å². The Morgan fingerprint density at radius 2 is 2.40 bits per heavy atom. The number of ketones is 1. The van der Waals surface area contributed by atoms with Crippen LogP contribution in [-0.2, 0) is 9.53 Å². The molecule has 1 N–H and O–H groups in total. The normalized spacial score (nSPS) is 22.7. The first-order chi connectivity index (χ1) is 7.08. The van der Waals surface area contributed by atoms with Crippen molar-refractivity contribution in [3.8, 4) is 0 Å². The third-order valence-corrected chi connectivity index (χ3v) is 2.66. The van der Waals surface area contributed by atoms with Crippen LogP contribution < -0.4 is 0 Å². The van der Waals surface area contributed by atoms with Gasteiger partial charge < -0.3 is 9.84 Å². The Morgan fingerprint density at radius 1 is 1.73 bits per heavy atom. The molecule has 86 valence electrons. The first-order valence-electron chi connectivity index (χ1n) is 5.17. The minimum Gasteiger partial charge on any atom is -0.442 e. The van der Waals surface area contributed by atoms with E-state index in [0.717, 1.165) is 6.42 Å². The summed E-state index contributed by atoms with van der Waals surface area (Å²) < 4.78 is 4.82. The van der Waals surface area contributed by atoms with Gasteiger partial charge in [0.15, 0.2) is 5.78 Å². The van der Waals surface area contributed by atoms with Crippen LogP contribution in [0.3, 0.4) is 0 Å². The van der Waals surface area contributed by atoms with Crippen molar-refractivity contribution in [3.05, 3.63) is 0 Å². The van der Waals surface area contributed by atoms with E-state index in [4.69, 9.17) is 9.84 Å². The minimum absolute atomic E-state index is 0.0352. The highest BCUT2D eigenvalue weighted by molar-refractivity contribution is 5.86. The van der Waals surface area contributed by atoms with E-state index in [-0.39, 0.29) is 24.9 Å². The summed E-state index contributed by atoms with van der Waals surface area (Å²) in [7, 11) is 0. The van der Waals surface area contributed by atoms with Gasteiger partial charge in [0.1, 0.15) is 6.10 Å². The summed E-state index contributed by atoms with van der Waals surface area (Å²) >= 11 is 0. The van der Waals surface area contributed by atoms with Gasteiger partial charge in [-0.25, -0.2) is 4.79 Å². The molecule has 5 nitrogen and oxygen atoms in total. The molecule has 1 fully saturated rings. The number of aliphatic hydroxyl groups excluding tert-OH is 1. The second kappa shape index (κ2) is 5.11. The predicted molar refractivity (Wildman–Crippen MR) is 53.4 cm³/mol. The standard InChI is InChI=1S/C10H17NO4/c1-3-7(2)9(13)5-11-4-8(6-12)15-10(11)14/h7-8,12H,3-6H2,1-2H3. The number of amides is 1. The number of hydrogen-bond donors (Lipinski definition) is 1. The van der Waals surface area contributed by atoms with E-state index in [9.17, 15) is 9.59 Å². The lowest BCUT2D eigenvalue weighted by atomic mass is 10.0. The van der Waals surface area contributed by atoms with Gasteiger partial charge in [0.05, 0.1) is 19.7 Å². The number of hydrogen-bond acceptors (Lipinski definition) is 4. The number of carbonyl (C=O) groups excluding carboxylic acids is 2. The molecule has 0 aromatic carbocycles. The monoisotopic (exact) mass is 215 g/mol. The van der Waals surface area contributed by atoms with Crippen molar-refractivity contribution in [1.82, 2.24) is 4.90 Å². The second-order valence-electron chi connectivity index (χ2n) is 3.84. The van der Waals surface area contributed by atoms with Crippen LogP contribution in [-0.4, -0.2) is 47.7 Å². The van der Waals surface area contributed by atoms with E-state index < -0.39 is 12.2 Å². The molecule has 1 amide bonds. The molecule has 0 aromatic rings. The Balaban J connectivity index is 2.46. The van der Waals surface area contributed by atoms with Crippen molar-refractivity contribution in [1.29, 1.82) is 0 Å². The Kier molecular flexibility index (Phi) is 4.08. The second-order valence-corrected chi connectivity index (χ2v) is 3.84. The van der Waals surface area contributed by atoms with E-state index in [1.807, 2.05) is 13.8 Å². The minimum atomic E-state index is -0.509. The van der Waals surface area contributed by atoms with E-state index >= 15 is 0 Å². The van der Waals surface area contributed by atoms with Crippen molar-refractivity contribution >= 4 is 11.9 Å². The first kappa shape index (κ1) is 12.0. The van der Waals surface area contributed by atoms with Crippen LogP contribution in [0.5, 0.6) is 0 Å². The van der Waals surface area contributed by atoms with Gasteiger partial charge in [-0.15, -0.1) is 0 Å². The molecule has 1 heterocycles. The van der Waals surface area contributed by atoms with Gasteiger partial charge in [-0.3, -0.25) is 9.69 Å². The smallest absolute Gasteiger partial charge is 0.410 e. The van der Waals surface area contributed by atoms with Crippen LogP contribution in [0, 0.1) is 5.92 Å². The molecule has 2 atom stereocenters. The van der Waals surface area contributed by atoms with E-state index in [1.165, 1.54) is 4.90 Å². The number of cyclic esters (lactones) is 1. The van der Waals surface area contributed by atoms with Crippen LogP contribution in [0.4, 0.5) is 4.79 Å². The van der Waals surface area contributed by atoms with Gasteiger partial charge >= 0.3 is 6.09 Å². The predicted octanol–water partition coefficient (Wildman–Crippen LogP) is 0.415. The van der Waals surface area contributed by atoms with Crippen molar-refractivity contribution < 1.29 is 19.4 Å². The lowest BCUT2D eigenvalue weighted by Crippen LogP contribution is -2.33. The lowest BCUT2D eigenvalue weighted by Gasteiger charge is -2.14. The molecule has 0 spiro atoms. The molecule has 1 saturated heterocycles. The fraction of sp³-hybridized carbons (Fsp3) is 0.800. The molecule has 0 saturated carbocycles. The zero-order chi connectivity index (χ0) is 11.4. The average molecular weight is 215 g/mol. The van der Waals surface area contributed by atoms with Crippen LogP contribution in [0.15, 0.2) is 0 Å². The molecule has 1 aliphatic heterocycles. The topological polar surface area (TPSA) is 66.8 Å². The van der Waals surface area contributed by atoms with Gasteiger partial charge in [-0.05, 0) is 6.42 Å². The maximum absolute atomic E-state index is 11.6. The highest BCUT2D eigenvalue weighted by Gasteiger charge is 2.32. The molecule has 0 aliphatic carbocycles. The largest absolute Gasteiger partial charge is 0.442 e. The average Bonchev–Trinajstić information content (AvgIpc) is 2.58. The maximum Gasteiger partial charge on any atom is 0.410 e. The van der Waals surface area contributed by atoms with Crippen LogP contribution >= 0.6 is 0 Å². The SMILES string of the molecule is CCC(C)C(=O)CN1CC(CO)OC1=O. The van der Waals surface area contributed by atoms with Crippen molar-refractivity contribution in [2.45, 2.75) is 26.4 Å². The highest BCUT2D eigenvalue weighted by Crippen LogP contribution is 2.12. The molecule has 1 rings (SSSR count). The molecular formula is C10H17NO4.